The van der Waals surface area contributed by atoms with Crippen LogP contribution in [0.25, 0.3) is 0 Å². The number of halogens is 2. The van der Waals surface area contributed by atoms with Gasteiger partial charge in [-0.05, 0) is 30.0 Å². The van der Waals surface area contributed by atoms with Crippen molar-refractivity contribution in [1.29, 1.82) is 0 Å². The van der Waals surface area contributed by atoms with Crippen LogP contribution in [-0.4, -0.2) is 42.6 Å². The van der Waals surface area contributed by atoms with Crippen LogP contribution >= 0.6 is 27.5 Å². The molecule has 16 heavy (non-hydrogen) atoms. The van der Waals surface area contributed by atoms with Crippen LogP contribution in [0.2, 0.25) is 5.15 Å². The first kappa shape index (κ1) is 13.8. The maximum absolute atomic E-state index is 6.00. The first-order chi connectivity index (χ1) is 7.54. The lowest BCUT2D eigenvalue weighted by atomic mass is 10.3. The van der Waals surface area contributed by atoms with Gasteiger partial charge in [0.1, 0.15) is 11.0 Å². The third-order valence-corrected chi connectivity index (χ3v) is 3.32. The van der Waals surface area contributed by atoms with E-state index in [1.807, 2.05) is 14.1 Å². The van der Waals surface area contributed by atoms with Gasteiger partial charge in [0, 0.05) is 20.1 Å². The van der Waals surface area contributed by atoms with Gasteiger partial charge in [-0.25, -0.2) is 9.97 Å². The topological polar surface area (TPSA) is 38.2 Å². The predicted molar refractivity (Wildman–Crippen MR) is 67.7 cm³/mol. The van der Waals surface area contributed by atoms with Crippen LogP contribution in [-0.2, 0) is 17.8 Å². The number of ether oxygens (including phenoxy) is 1. The van der Waals surface area contributed by atoms with Gasteiger partial charge in [-0.1, -0.05) is 11.6 Å². The fraction of sp³-hybridized carbons (Fsp3) is 0.600. The highest BCUT2D eigenvalue weighted by Gasteiger charge is 2.10. The van der Waals surface area contributed by atoms with Gasteiger partial charge in [0.2, 0.25) is 0 Å². The normalized spacial score (nSPS) is 11.1. The Bertz CT molecular complexity index is 360. The number of hydrogen-bond donors (Lipinski definition) is 0. The summed E-state index contributed by atoms with van der Waals surface area (Å²) in [4.78, 5) is 10.7. The van der Waals surface area contributed by atoms with Gasteiger partial charge < -0.3 is 9.64 Å². The first-order valence-electron chi connectivity index (χ1n) is 4.89. The number of nitrogens with zero attached hydrogens (tertiary/aromatic N) is 3. The summed E-state index contributed by atoms with van der Waals surface area (Å²) in [6, 6.07) is 0. The second-order valence-electron chi connectivity index (χ2n) is 3.68. The molecule has 0 aliphatic carbocycles. The highest BCUT2D eigenvalue weighted by atomic mass is 79.9. The number of aromatic nitrogens is 2. The van der Waals surface area contributed by atoms with Crippen molar-refractivity contribution in [2.45, 2.75) is 13.0 Å². The van der Waals surface area contributed by atoms with Gasteiger partial charge in [0.05, 0.1) is 16.8 Å². The minimum Gasteiger partial charge on any atom is -0.378 e. The largest absolute Gasteiger partial charge is 0.378 e. The van der Waals surface area contributed by atoms with Gasteiger partial charge >= 0.3 is 0 Å². The predicted octanol–water partition coefficient (Wildman–Crippen LogP) is 2.14. The molecule has 0 bridgehead atoms. The zero-order valence-corrected chi connectivity index (χ0v) is 12.0. The maximum atomic E-state index is 6.00. The molecule has 0 aliphatic heterocycles. The van der Waals surface area contributed by atoms with Crippen molar-refractivity contribution >= 4 is 27.5 Å². The summed E-state index contributed by atoms with van der Waals surface area (Å²) in [5.41, 5.74) is 0.788. The van der Waals surface area contributed by atoms with Crippen molar-refractivity contribution in [2.75, 3.05) is 27.7 Å². The summed E-state index contributed by atoms with van der Waals surface area (Å²) in [7, 11) is 5.65. The van der Waals surface area contributed by atoms with Crippen molar-refractivity contribution in [3.05, 3.63) is 21.1 Å². The Morgan fingerprint density at radius 2 is 2.06 bits per heavy atom. The summed E-state index contributed by atoms with van der Waals surface area (Å²) >= 11 is 9.35. The quantitative estimate of drug-likeness (QED) is 0.781. The lowest BCUT2D eigenvalue weighted by Crippen LogP contribution is -2.17. The standard InChI is InChI=1S/C10H15BrClN3O/c1-15(2)5-4-8-13-7(6-16-3)9(11)10(12)14-8/h4-6H2,1-3H3. The fourth-order valence-corrected chi connectivity index (χ4v) is 1.68. The van der Waals surface area contributed by atoms with E-state index in [0.29, 0.717) is 16.2 Å². The minimum absolute atomic E-state index is 0.428. The molecule has 0 aromatic carbocycles. The molecule has 1 aromatic rings. The maximum Gasteiger partial charge on any atom is 0.147 e. The van der Waals surface area contributed by atoms with Crippen molar-refractivity contribution in [3.8, 4) is 0 Å². The van der Waals surface area contributed by atoms with E-state index in [-0.39, 0.29) is 0 Å². The van der Waals surface area contributed by atoms with E-state index in [2.05, 4.69) is 30.8 Å². The van der Waals surface area contributed by atoms with Crippen LogP contribution in [0.15, 0.2) is 4.47 Å². The highest BCUT2D eigenvalue weighted by Crippen LogP contribution is 2.24. The molecule has 0 N–H and O–H groups in total. The van der Waals surface area contributed by atoms with Crippen LogP contribution in [0.4, 0.5) is 0 Å². The molecular formula is C10H15BrClN3O. The Labute approximate surface area is 109 Å². The first-order valence-corrected chi connectivity index (χ1v) is 6.06. The number of methoxy groups -OCH3 is 1. The minimum atomic E-state index is 0.428. The molecule has 0 radical (unpaired) electrons. The molecule has 0 atom stereocenters. The van der Waals surface area contributed by atoms with E-state index in [9.17, 15) is 0 Å². The van der Waals surface area contributed by atoms with Crippen molar-refractivity contribution in [3.63, 3.8) is 0 Å². The third kappa shape index (κ3) is 3.97. The second-order valence-corrected chi connectivity index (χ2v) is 4.83. The molecule has 0 amide bonds. The molecule has 0 saturated heterocycles. The summed E-state index contributed by atoms with van der Waals surface area (Å²) in [6.45, 7) is 1.32. The van der Waals surface area contributed by atoms with E-state index in [4.69, 9.17) is 16.3 Å². The molecule has 90 valence electrons. The lowest BCUT2D eigenvalue weighted by Gasteiger charge is -2.10. The molecule has 1 aromatic heterocycles. The summed E-state index contributed by atoms with van der Waals surface area (Å²) in [5.74, 6) is 0.744. The van der Waals surface area contributed by atoms with Crippen LogP contribution in [0.1, 0.15) is 11.5 Å². The molecule has 0 unspecified atom stereocenters. The van der Waals surface area contributed by atoms with Crippen molar-refractivity contribution in [1.82, 2.24) is 14.9 Å². The number of likely N-dealkylation sites (N-methyl/N-ethyl adjacent to an activating group) is 1. The van der Waals surface area contributed by atoms with E-state index in [1.54, 1.807) is 7.11 Å². The smallest absolute Gasteiger partial charge is 0.147 e. The fourth-order valence-electron chi connectivity index (χ4n) is 1.18. The number of rotatable bonds is 5. The molecule has 1 rings (SSSR count). The van der Waals surface area contributed by atoms with E-state index >= 15 is 0 Å². The molecule has 6 heteroatoms. The Morgan fingerprint density at radius 1 is 1.38 bits per heavy atom. The molecule has 1 heterocycles. The van der Waals surface area contributed by atoms with Gasteiger partial charge in [-0.3, -0.25) is 0 Å². The molecular weight excluding hydrogens is 293 g/mol. The van der Waals surface area contributed by atoms with Gasteiger partial charge in [0.15, 0.2) is 0 Å². The Kier molecular flexibility index (Phi) is 5.61. The highest BCUT2D eigenvalue weighted by molar-refractivity contribution is 9.10. The third-order valence-electron chi connectivity index (χ3n) is 1.99. The van der Waals surface area contributed by atoms with Gasteiger partial charge in [0.25, 0.3) is 0 Å². The zero-order valence-electron chi connectivity index (χ0n) is 9.63. The summed E-state index contributed by atoms with van der Waals surface area (Å²) in [6.07, 6.45) is 0.775. The summed E-state index contributed by atoms with van der Waals surface area (Å²) < 4.78 is 5.77. The van der Waals surface area contributed by atoms with Crippen molar-refractivity contribution in [2.24, 2.45) is 0 Å². The van der Waals surface area contributed by atoms with E-state index < -0.39 is 0 Å². The van der Waals surface area contributed by atoms with Crippen LogP contribution in [0, 0.1) is 0 Å². The Morgan fingerprint density at radius 3 is 2.62 bits per heavy atom. The molecule has 0 aliphatic rings. The average molecular weight is 309 g/mol. The van der Waals surface area contributed by atoms with Crippen LogP contribution in [0.5, 0.6) is 0 Å². The SMILES string of the molecule is COCc1nc(CCN(C)C)nc(Cl)c1Br. The van der Waals surface area contributed by atoms with Gasteiger partial charge in [-0.2, -0.15) is 0 Å². The van der Waals surface area contributed by atoms with E-state index in [1.165, 1.54) is 0 Å². The van der Waals surface area contributed by atoms with Crippen molar-refractivity contribution < 1.29 is 4.74 Å². The molecule has 0 spiro atoms. The molecule has 0 saturated carbocycles. The summed E-state index contributed by atoms with van der Waals surface area (Å²) in [5, 5.41) is 0.441. The van der Waals surface area contributed by atoms with Crippen LogP contribution < -0.4 is 0 Å². The molecule has 0 fully saturated rings. The number of hydrogen-bond acceptors (Lipinski definition) is 4. The lowest BCUT2D eigenvalue weighted by molar-refractivity contribution is 0.180. The zero-order chi connectivity index (χ0) is 12.1. The Balaban J connectivity index is 2.86. The Hall–Kier alpha value is -0.230. The monoisotopic (exact) mass is 307 g/mol. The van der Waals surface area contributed by atoms with Crippen LogP contribution in [0.3, 0.4) is 0 Å². The van der Waals surface area contributed by atoms with E-state index in [0.717, 1.165) is 24.5 Å². The molecule has 4 nitrogen and oxygen atoms in total. The average Bonchev–Trinajstić information content (AvgIpc) is 2.22. The van der Waals surface area contributed by atoms with Gasteiger partial charge in [-0.15, -0.1) is 0 Å². The second kappa shape index (κ2) is 6.49.